The molecule has 0 bridgehead atoms. The van der Waals surface area contributed by atoms with Gasteiger partial charge in [-0.15, -0.1) is 0 Å². The Morgan fingerprint density at radius 2 is 1.87 bits per heavy atom. The Morgan fingerprint density at radius 3 is 2.52 bits per heavy atom. The number of benzene rings is 2. The van der Waals surface area contributed by atoms with Crippen molar-refractivity contribution in [1.82, 2.24) is 5.32 Å². The number of hydrogen-bond acceptors (Lipinski definition) is 3. The van der Waals surface area contributed by atoms with Crippen LogP contribution >= 0.6 is 23.2 Å². The van der Waals surface area contributed by atoms with Crippen LogP contribution in [0.5, 0.6) is 11.5 Å². The zero-order valence-corrected chi connectivity index (χ0v) is 15.0. The molecule has 0 spiro atoms. The molecule has 2 aromatic rings. The zero-order valence-electron chi connectivity index (χ0n) is 13.5. The summed E-state index contributed by atoms with van der Waals surface area (Å²) in [7, 11) is 1.62. The first-order chi connectivity index (χ1) is 11.0. The van der Waals surface area contributed by atoms with E-state index in [9.17, 15) is 0 Å². The first kappa shape index (κ1) is 17.9. The van der Waals surface area contributed by atoms with Crippen LogP contribution in [0.1, 0.15) is 25.0 Å². The van der Waals surface area contributed by atoms with Crippen LogP contribution in [-0.2, 0) is 13.2 Å². The molecule has 124 valence electrons. The van der Waals surface area contributed by atoms with Crippen LogP contribution in [0.15, 0.2) is 36.4 Å². The van der Waals surface area contributed by atoms with Crippen LogP contribution in [0, 0.1) is 0 Å². The van der Waals surface area contributed by atoms with Crippen molar-refractivity contribution >= 4 is 23.2 Å². The molecule has 0 aliphatic heterocycles. The summed E-state index contributed by atoms with van der Waals surface area (Å²) in [5, 5.41) is 4.68. The van der Waals surface area contributed by atoms with Gasteiger partial charge in [-0.05, 0) is 29.3 Å². The molecule has 0 aromatic heterocycles. The molecule has 0 amide bonds. The first-order valence-electron chi connectivity index (χ1n) is 7.46. The standard InChI is InChI=1S/C18H21Cl2NO2/c1-12(2)21-10-14-8-17(22-3)18(9-16(14)20)23-11-13-5-4-6-15(19)7-13/h4-9,12,21H,10-11H2,1-3H3. The van der Waals surface area contributed by atoms with Gasteiger partial charge in [0.2, 0.25) is 0 Å². The van der Waals surface area contributed by atoms with Crippen molar-refractivity contribution in [3.63, 3.8) is 0 Å². The van der Waals surface area contributed by atoms with Crippen LogP contribution in [-0.4, -0.2) is 13.2 Å². The first-order valence-corrected chi connectivity index (χ1v) is 8.22. The van der Waals surface area contributed by atoms with E-state index in [0.29, 0.717) is 40.7 Å². The highest BCUT2D eigenvalue weighted by atomic mass is 35.5. The molecule has 23 heavy (non-hydrogen) atoms. The monoisotopic (exact) mass is 353 g/mol. The van der Waals surface area contributed by atoms with E-state index < -0.39 is 0 Å². The van der Waals surface area contributed by atoms with Gasteiger partial charge in [0.1, 0.15) is 6.61 Å². The summed E-state index contributed by atoms with van der Waals surface area (Å²) in [6.45, 7) is 5.26. The van der Waals surface area contributed by atoms with Crippen molar-refractivity contribution in [3.05, 3.63) is 57.6 Å². The number of methoxy groups -OCH3 is 1. The van der Waals surface area contributed by atoms with Gasteiger partial charge in [0, 0.05) is 28.7 Å². The number of hydrogen-bond donors (Lipinski definition) is 1. The fourth-order valence-electron chi connectivity index (χ4n) is 2.09. The normalized spacial score (nSPS) is 10.9. The Morgan fingerprint density at radius 1 is 1.09 bits per heavy atom. The second-order valence-electron chi connectivity index (χ2n) is 5.55. The van der Waals surface area contributed by atoms with Crippen molar-refractivity contribution in [2.45, 2.75) is 33.0 Å². The van der Waals surface area contributed by atoms with Crippen molar-refractivity contribution in [3.8, 4) is 11.5 Å². The molecule has 0 saturated carbocycles. The minimum atomic E-state index is 0.385. The van der Waals surface area contributed by atoms with Gasteiger partial charge < -0.3 is 14.8 Å². The molecule has 0 aliphatic rings. The number of nitrogens with one attached hydrogen (secondary N) is 1. The van der Waals surface area contributed by atoms with Crippen molar-refractivity contribution in [2.24, 2.45) is 0 Å². The van der Waals surface area contributed by atoms with E-state index in [4.69, 9.17) is 32.7 Å². The number of ether oxygens (including phenoxy) is 2. The summed E-state index contributed by atoms with van der Waals surface area (Å²) in [6, 6.07) is 11.6. The minimum absolute atomic E-state index is 0.385. The largest absolute Gasteiger partial charge is 0.493 e. The highest BCUT2D eigenvalue weighted by Gasteiger charge is 2.11. The van der Waals surface area contributed by atoms with Gasteiger partial charge in [-0.3, -0.25) is 0 Å². The lowest BCUT2D eigenvalue weighted by molar-refractivity contribution is 0.284. The van der Waals surface area contributed by atoms with E-state index >= 15 is 0 Å². The maximum atomic E-state index is 6.35. The lowest BCUT2D eigenvalue weighted by atomic mass is 10.2. The van der Waals surface area contributed by atoms with E-state index in [-0.39, 0.29) is 0 Å². The molecule has 0 fully saturated rings. The van der Waals surface area contributed by atoms with E-state index in [1.807, 2.05) is 30.3 Å². The van der Waals surface area contributed by atoms with Crippen LogP contribution in [0.4, 0.5) is 0 Å². The summed E-state index contributed by atoms with van der Waals surface area (Å²) in [5.41, 5.74) is 1.97. The van der Waals surface area contributed by atoms with Gasteiger partial charge >= 0.3 is 0 Å². The topological polar surface area (TPSA) is 30.5 Å². The summed E-state index contributed by atoms with van der Waals surface area (Å²) in [6.07, 6.45) is 0. The molecule has 5 heteroatoms. The number of rotatable bonds is 7. The smallest absolute Gasteiger partial charge is 0.163 e. The third-order valence-electron chi connectivity index (χ3n) is 3.32. The van der Waals surface area contributed by atoms with Gasteiger partial charge in [0.15, 0.2) is 11.5 Å². The van der Waals surface area contributed by atoms with Gasteiger partial charge in [-0.25, -0.2) is 0 Å². The molecule has 1 N–H and O–H groups in total. The maximum Gasteiger partial charge on any atom is 0.163 e. The second kappa shape index (κ2) is 8.44. The fourth-order valence-corrected chi connectivity index (χ4v) is 2.52. The summed E-state index contributed by atoms with van der Waals surface area (Å²) < 4.78 is 11.3. The molecule has 2 rings (SSSR count). The fraction of sp³-hybridized carbons (Fsp3) is 0.333. The molecule has 0 saturated heterocycles. The van der Waals surface area contributed by atoms with Gasteiger partial charge in [0.25, 0.3) is 0 Å². The van der Waals surface area contributed by atoms with Gasteiger partial charge in [0.05, 0.1) is 7.11 Å². The average molecular weight is 354 g/mol. The zero-order chi connectivity index (χ0) is 16.8. The minimum Gasteiger partial charge on any atom is -0.493 e. The van der Waals surface area contributed by atoms with Gasteiger partial charge in [-0.1, -0.05) is 49.2 Å². The highest BCUT2D eigenvalue weighted by Crippen LogP contribution is 2.34. The van der Waals surface area contributed by atoms with E-state index in [0.717, 1.165) is 11.1 Å². The second-order valence-corrected chi connectivity index (χ2v) is 6.39. The molecular formula is C18H21Cl2NO2. The SMILES string of the molecule is COc1cc(CNC(C)C)c(Cl)cc1OCc1cccc(Cl)c1. The molecular weight excluding hydrogens is 333 g/mol. The van der Waals surface area contributed by atoms with Gasteiger partial charge in [-0.2, -0.15) is 0 Å². The van der Waals surface area contributed by atoms with Crippen molar-refractivity contribution in [1.29, 1.82) is 0 Å². The maximum absolute atomic E-state index is 6.35. The molecule has 0 atom stereocenters. The Balaban J connectivity index is 2.13. The molecule has 0 heterocycles. The molecule has 3 nitrogen and oxygen atoms in total. The third kappa shape index (κ3) is 5.31. The van der Waals surface area contributed by atoms with Crippen LogP contribution in [0.3, 0.4) is 0 Å². The molecule has 0 unspecified atom stereocenters. The highest BCUT2D eigenvalue weighted by molar-refractivity contribution is 6.31. The predicted octanol–water partition coefficient (Wildman–Crippen LogP) is 5.08. The van der Waals surface area contributed by atoms with Crippen LogP contribution in [0.25, 0.3) is 0 Å². The Kier molecular flexibility index (Phi) is 6.58. The summed E-state index contributed by atoms with van der Waals surface area (Å²) in [5.74, 6) is 1.28. The Bertz CT molecular complexity index is 659. The Labute approximate surface area is 147 Å². The molecule has 0 aliphatic carbocycles. The van der Waals surface area contributed by atoms with Crippen molar-refractivity contribution < 1.29 is 9.47 Å². The third-order valence-corrected chi connectivity index (χ3v) is 3.90. The summed E-state index contributed by atoms with van der Waals surface area (Å²) in [4.78, 5) is 0. The lowest BCUT2D eigenvalue weighted by Gasteiger charge is -2.15. The van der Waals surface area contributed by atoms with Crippen LogP contribution in [0.2, 0.25) is 10.0 Å². The van der Waals surface area contributed by atoms with Crippen LogP contribution < -0.4 is 14.8 Å². The van der Waals surface area contributed by atoms with Crippen molar-refractivity contribution in [2.75, 3.05) is 7.11 Å². The average Bonchev–Trinajstić information content (AvgIpc) is 2.51. The number of halogens is 2. The van der Waals surface area contributed by atoms with E-state index in [2.05, 4.69) is 19.2 Å². The quantitative estimate of drug-likeness (QED) is 0.752. The lowest BCUT2D eigenvalue weighted by Crippen LogP contribution is -2.22. The molecule has 0 radical (unpaired) electrons. The van der Waals surface area contributed by atoms with E-state index in [1.165, 1.54) is 0 Å². The molecule has 2 aromatic carbocycles. The predicted molar refractivity (Wildman–Crippen MR) is 95.8 cm³/mol. The van der Waals surface area contributed by atoms with E-state index in [1.54, 1.807) is 13.2 Å². The summed E-state index contributed by atoms with van der Waals surface area (Å²) >= 11 is 12.3. The Hall–Kier alpha value is -1.42.